The van der Waals surface area contributed by atoms with Gasteiger partial charge in [-0.25, -0.2) is 9.63 Å². The fourth-order valence-electron chi connectivity index (χ4n) is 1.86. The van der Waals surface area contributed by atoms with Crippen molar-refractivity contribution in [1.29, 1.82) is 0 Å². The molecular formula is C14H16N4O5S. The molecule has 0 aliphatic rings. The van der Waals surface area contributed by atoms with Crippen LogP contribution in [0.1, 0.15) is 18.2 Å². The number of sulfonamides is 1. The van der Waals surface area contributed by atoms with Gasteiger partial charge in [-0.1, -0.05) is 0 Å². The van der Waals surface area contributed by atoms with Gasteiger partial charge in [0.05, 0.1) is 23.3 Å². The molecule has 9 nitrogen and oxygen atoms in total. The number of hydrogen-bond donors (Lipinski definition) is 3. The van der Waals surface area contributed by atoms with E-state index in [0.717, 1.165) is 6.21 Å². The number of ether oxygens (including phenoxy) is 1. The lowest BCUT2D eigenvalue weighted by Gasteiger charge is -2.06. The average Bonchev–Trinajstić information content (AvgIpc) is 2.51. The number of aryl methyl sites for hydroxylation is 1. The predicted molar refractivity (Wildman–Crippen MR) is 87.9 cm³/mol. The lowest BCUT2D eigenvalue weighted by atomic mass is 10.2. The Balaban J connectivity index is 2.18. The fourth-order valence-corrected chi connectivity index (χ4v) is 2.65. The molecule has 1 aromatic heterocycles. The van der Waals surface area contributed by atoms with E-state index in [9.17, 15) is 18.0 Å². The van der Waals surface area contributed by atoms with Crippen molar-refractivity contribution in [2.45, 2.75) is 18.7 Å². The van der Waals surface area contributed by atoms with Crippen molar-refractivity contribution in [3.05, 3.63) is 56.4 Å². The zero-order chi connectivity index (χ0) is 17.7. The standard InChI is InChI=1S/C14H16N4O5S/c1-3-23-10-4-6-11(7-5-10)24(21,22)18-15-8-12-9(2)16-14(20)17-13(12)19/h4-8,18H,3H2,1-2H3,(H2,16,17,19,20). The van der Waals surface area contributed by atoms with Gasteiger partial charge in [0.2, 0.25) is 0 Å². The molecule has 0 amide bonds. The van der Waals surface area contributed by atoms with Crippen LogP contribution >= 0.6 is 0 Å². The van der Waals surface area contributed by atoms with Gasteiger partial charge in [-0.15, -0.1) is 0 Å². The lowest BCUT2D eigenvalue weighted by Crippen LogP contribution is -2.27. The molecule has 0 bridgehead atoms. The minimum Gasteiger partial charge on any atom is -0.494 e. The second kappa shape index (κ2) is 7.13. The highest BCUT2D eigenvalue weighted by molar-refractivity contribution is 7.89. The van der Waals surface area contributed by atoms with Gasteiger partial charge in [-0.05, 0) is 38.1 Å². The van der Waals surface area contributed by atoms with E-state index in [4.69, 9.17) is 4.74 Å². The SMILES string of the molecule is CCOc1ccc(S(=O)(=O)NN=Cc2c(C)[nH]c(=O)[nH]c2=O)cc1. The van der Waals surface area contributed by atoms with Gasteiger partial charge < -0.3 is 9.72 Å². The molecule has 0 unspecified atom stereocenters. The zero-order valence-electron chi connectivity index (χ0n) is 13.0. The number of hydrazone groups is 1. The van der Waals surface area contributed by atoms with Crippen molar-refractivity contribution in [1.82, 2.24) is 14.8 Å². The Morgan fingerprint density at radius 1 is 1.21 bits per heavy atom. The maximum absolute atomic E-state index is 12.1. The molecule has 2 rings (SSSR count). The number of hydrogen-bond acceptors (Lipinski definition) is 6. The monoisotopic (exact) mass is 352 g/mol. The van der Waals surface area contributed by atoms with E-state index in [-0.39, 0.29) is 16.2 Å². The summed E-state index contributed by atoms with van der Waals surface area (Å²) in [5.74, 6) is 0.551. The van der Waals surface area contributed by atoms with Gasteiger partial charge in [-0.2, -0.15) is 13.5 Å². The number of benzene rings is 1. The van der Waals surface area contributed by atoms with E-state index < -0.39 is 21.3 Å². The molecule has 0 saturated carbocycles. The van der Waals surface area contributed by atoms with Crippen LogP contribution in [0.3, 0.4) is 0 Å². The second-order valence-corrected chi connectivity index (χ2v) is 6.37. The smallest absolute Gasteiger partial charge is 0.325 e. The maximum atomic E-state index is 12.1. The lowest BCUT2D eigenvalue weighted by molar-refractivity contribution is 0.340. The number of nitrogens with zero attached hydrogens (tertiary/aromatic N) is 1. The molecule has 128 valence electrons. The van der Waals surface area contributed by atoms with Gasteiger partial charge in [0, 0.05) is 5.69 Å². The van der Waals surface area contributed by atoms with Crippen molar-refractivity contribution in [3.63, 3.8) is 0 Å². The van der Waals surface area contributed by atoms with Crippen LogP contribution in [0.5, 0.6) is 5.75 Å². The minimum absolute atomic E-state index is 0.00444. The first-order valence-corrected chi connectivity index (χ1v) is 8.42. The third-order valence-corrected chi connectivity index (χ3v) is 4.23. The Labute approximate surface area is 137 Å². The number of rotatable bonds is 6. The van der Waals surface area contributed by atoms with Crippen molar-refractivity contribution in [3.8, 4) is 5.75 Å². The van der Waals surface area contributed by atoms with Crippen LogP contribution in [0.2, 0.25) is 0 Å². The quantitative estimate of drug-likeness (QED) is 0.500. The average molecular weight is 352 g/mol. The first-order chi connectivity index (χ1) is 11.3. The van der Waals surface area contributed by atoms with Crippen LogP contribution < -0.4 is 20.8 Å². The molecule has 1 aromatic carbocycles. The van der Waals surface area contributed by atoms with Crippen LogP contribution in [0.25, 0.3) is 0 Å². The Kier molecular flexibility index (Phi) is 5.19. The van der Waals surface area contributed by atoms with E-state index in [1.807, 2.05) is 16.7 Å². The number of nitrogens with one attached hydrogen (secondary N) is 3. The fraction of sp³-hybridized carbons (Fsp3) is 0.214. The van der Waals surface area contributed by atoms with E-state index in [1.54, 1.807) is 0 Å². The molecule has 0 aliphatic carbocycles. The van der Waals surface area contributed by atoms with Crippen molar-refractivity contribution in [2.24, 2.45) is 5.10 Å². The minimum atomic E-state index is -3.88. The highest BCUT2D eigenvalue weighted by Crippen LogP contribution is 2.15. The number of aromatic nitrogens is 2. The van der Waals surface area contributed by atoms with Crippen LogP contribution in [0, 0.1) is 6.92 Å². The molecule has 0 radical (unpaired) electrons. The molecule has 0 saturated heterocycles. The van der Waals surface area contributed by atoms with E-state index in [2.05, 4.69) is 10.1 Å². The van der Waals surface area contributed by atoms with Gasteiger partial charge in [0.15, 0.2) is 0 Å². The molecule has 0 atom stereocenters. The van der Waals surface area contributed by atoms with Gasteiger partial charge >= 0.3 is 5.69 Å². The Morgan fingerprint density at radius 3 is 2.46 bits per heavy atom. The number of H-pyrrole nitrogens is 2. The molecule has 10 heteroatoms. The summed E-state index contributed by atoms with van der Waals surface area (Å²) >= 11 is 0. The third-order valence-electron chi connectivity index (χ3n) is 2.99. The summed E-state index contributed by atoms with van der Waals surface area (Å²) in [6.07, 6.45) is 1.02. The summed E-state index contributed by atoms with van der Waals surface area (Å²) in [7, 11) is -3.88. The van der Waals surface area contributed by atoms with Gasteiger partial charge in [-0.3, -0.25) is 9.78 Å². The largest absolute Gasteiger partial charge is 0.494 e. The van der Waals surface area contributed by atoms with Crippen LogP contribution in [-0.4, -0.2) is 31.2 Å². The van der Waals surface area contributed by atoms with Crippen LogP contribution in [-0.2, 0) is 10.0 Å². The third kappa shape index (κ3) is 4.10. The topological polar surface area (TPSA) is 133 Å². The Morgan fingerprint density at radius 2 is 1.88 bits per heavy atom. The van der Waals surface area contributed by atoms with E-state index in [0.29, 0.717) is 12.4 Å². The molecule has 0 fully saturated rings. The zero-order valence-corrected chi connectivity index (χ0v) is 13.8. The van der Waals surface area contributed by atoms with E-state index >= 15 is 0 Å². The van der Waals surface area contributed by atoms with Crippen LogP contribution in [0.15, 0.2) is 43.9 Å². The number of aromatic amines is 2. The Bertz CT molecular complexity index is 958. The van der Waals surface area contributed by atoms with Gasteiger partial charge in [0.1, 0.15) is 5.75 Å². The van der Waals surface area contributed by atoms with Gasteiger partial charge in [0.25, 0.3) is 15.6 Å². The molecule has 1 heterocycles. The van der Waals surface area contributed by atoms with Crippen molar-refractivity contribution >= 4 is 16.2 Å². The molecular weight excluding hydrogens is 336 g/mol. The van der Waals surface area contributed by atoms with E-state index in [1.165, 1.54) is 31.2 Å². The molecule has 2 aromatic rings. The molecule has 0 spiro atoms. The van der Waals surface area contributed by atoms with Crippen molar-refractivity contribution < 1.29 is 13.2 Å². The summed E-state index contributed by atoms with van der Waals surface area (Å²) in [5, 5.41) is 3.56. The summed E-state index contributed by atoms with van der Waals surface area (Å²) in [4.78, 5) is 29.1. The summed E-state index contributed by atoms with van der Waals surface area (Å²) in [6, 6.07) is 5.80. The second-order valence-electron chi connectivity index (χ2n) is 4.70. The van der Waals surface area contributed by atoms with Crippen molar-refractivity contribution in [2.75, 3.05) is 6.61 Å². The highest BCUT2D eigenvalue weighted by atomic mass is 32.2. The normalized spacial score (nSPS) is 11.6. The predicted octanol–water partition coefficient (Wildman–Crippen LogP) is 0.0827. The first kappa shape index (κ1) is 17.5. The first-order valence-electron chi connectivity index (χ1n) is 6.94. The maximum Gasteiger partial charge on any atom is 0.325 e. The summed E-state index contributed by atoms with van der Waals surface area (Å²) in [6.45, 7) is 3.79. The summed E-state index contributed by atoms with van der Waals surface area (Å²) in [5.41, 5.74) is -0.998. The molecule has 0 aliphatic heterocycles. The molecule has 3 N–H and O–H groups in total. The Hall–Kier alpha value is -2.88. The molecule has 24 heavy (non-hydrogen) atoms. The summed E-state index contributed by atoms with van der Waals surface area (Å²) < 4.78 is 29.4. The highest BCUT2D eigenvalue weighted by Gasteiger charge is 2.13. The van der Waals surface area contributed by atoms with Crippen LogP contribution in [0.4, 0.5) is 0 Å².